The fourth-order valence-corrected chi connectivity index (χ4v) is 2.52. The summed E-state index contributed by atoms with van der Waals surface area (Å²) in [6, 6.07) is 6.00. The highest BCUT2D eigenvalue weighted by atomic mass is 16.5. The van der Waals surface area contributed by atoms with Crippen LogP contribution >= 0.6 is 0 Å². The van der Waals surface area contributed by atoms with Crippen LogP contribution in [0.2, 0.25) is 0 Å². The molecule has 120 valence electrons. The summed E-state index contributed by atoms with van der Waals surface area (Å²) in [4.78, 5) is 11.1. The van der Waals surface area contributed by atoms with Crippen LogP contribution in [-0.2, 0) is 9.53 Å². The van der Waals surface area contributed by atoms with E-state index in [4.69, 9.17) is 9.47 Å². The molecule has 3 heteroatoms. The number of benzene rings is 1. The van der Waals surface area contributed by atoms with Gasteiger partial charge in [0, 0.05) is 24.7 Å². The predicted octanol–water partition coefficient (Wildman–Crippen LogP) is 4.20. The van der Waals surface area contributed by atoms with Crippen molar-refractivity contribution >= 4 is 11.9 Å². The summed E-state index contributed by atoms with van der Waals surface area (Å²) in [6.07, 6.45) is 3.23. The molecule has 22 heavy (non-hydrogen) atoms. The van der Waals surface area contributed by atoms with Crippen LogP contribution < -0.4 is 4.74 Å². The van der Waals surface area contributed by atoms with Gasteiger partial charge in [0.15, 0.2) is 0 Å². The number of hydrogen-bond donors (Lipinski definition) is 0. The number of carbonyl (C=O) groups is 1. The number of carbonyl (C=O) groups excluding carboxylic acids is 1. The number of ether oxygens (including phenoxy) is 2. The molecule has 0 saturated heterocycles. The number of methoxy groups -OCH3 is 1. The Balaban J connectivity index is 3.23. The third kappa shape index (κ3) is 4.85. The van der Waals surface area contributed by atoms with Crippen LogP contribution in [0.4, 0.5) is 0 Å². The fraction of sp³-hybridized carbons (Fsp3) is 0.421. The molecule has 0 aliphatic heterocycles. The van der Waals surface area contributed by atoms with Gasteiger partial charge in [0.25, 0.3) is 0 Å². The van der Waals surface area contributed by atoms with E-state index >= 15 is 0 Å². The first kappa shape index (κ1) is 18.2. The summed E-state index contributed by atoms with van der Waals surface area (Å²) < 4.78 is 11.0. The maximum Gasteiger partial charge on any atom is 0.143 e. The average molecular weight is 302 g/mol. The SMILES string of the molecule is C=C(C)C(CCOCC)/C(=C\C=O)c1ccc(C)cc1OC. The summed E-state index contributed by atoms with van der Waals surface area (Å²) in [6.45, 7) is 11.4. The van der Waals surface area contributed by atoms with Crippen molar-refractivity contribution in [1.29, 1.82) is 0 Å². The molecular formula is C19H26O3. The molecule has 0 amide bonds. The molecule has 0 bridgehead atoms. The highest BCUT2D eigenvalue weighted by molar-refractivity contribution is 5.85. The summed E-state index contributed by atoms with van der Waals surface area (Å²) in [7, 11) is 1.65. The van der Waals surface area contributed by atoms with Gasteiger partial charge in [-0.2, -0.15) is 0 Å². The highest BCUT2D eigenvalue weighted by Gasteiger charge is 2.20. The first-order chi connectivity index (χ1) is 10.5. The molecule has 0 aromatic heterocycles. The van der Waals surface area contributed by atoms with Crippen molar-refractivity contribution < 1.29 is 14.3 Å². The Labute approximate surface area is 133 Å². The van der Waals surface area contributed by atoms with Crippen LogP contribution in [0, 0.1) is 12.8 Å². The van der Waals surface area contributed by atoms with Crippen LogP contribution in [0.1, 0.15) is 31.4 Å². The van der Waals surface area contributed by atoms with Gasteiger partial charge >= 0.3 is 0 Å². The van der Waals surface area contributed by atoms with Gasteiger partial charge in [-0.15, -0.1) is 0 Å². The van der Waals surface area contributed by atoms with Crippen LogP contribution in [0.3, 0.4) is 0 Å². The number of aldehydes is 1. The van der Waals surface area contributed by atoms with Gasteiger partial charge in [-0.05, 0) is 50.5 Å². The number of allylic oxidation sites excluding steroid dienone is 3. The van der Waals surface area contributed by atoms with Gasteiger partial charge < -0.3 is 9.47 Å². The second-order valence-electron chi connectivity index (χ2n) is 5.35. The Kier molecular flexibility index (Phi) is 7.61. The zero-order valence-corrected chi connectivity index (χ0v) is 14.0. The topological polar surface area (TPSA) is 35.5 Å². The van der Waals surface area contributed by atoms with Gasteiger partial charge in [0.05, 0.1) is 7.11 Å². The summed E-state index contributed by atoms with van der Waals surface area (Å²) in [5.41, 5.74) is 3.99. The minimum Gasteiger partial charge on any atom is -0.496 e. The average Bonchev–Trinajstić information content (AvgIpc) is 2.49. The molecule has 1 aromatic carbocycles. The van der Waals surface area contributed by atoms with Crippen LogP contribution in [0.15, 0.2) is 36.4 Å². The molecule has 1 aromatic rings. The van der Waals surface area contributed by atoms with Crippen molar-refractivity contribution in [3.05, 3.63) is 47.6 Å². The van der Waals surface area contributed by atoms with E-state index in [9.17, 15) is 4.79 Å². The molecule has 0 fully saturated rings. The highest BCUT2D eigenvalue weighted by Crippen LogP contribution is 2.36. The lowest BCUT2D eigenvalue weighted by atomic mass is 9.84. The molecule has 0 N–H and O–H groups in total. The molecule has 0 aliphatic carbocycles. The van der Waals surface area contributed by atoms with Crippen molar-refractivity contribution in [1.82, 2.24) is 0 Å². The van der Waals surface area contributed by atoms with Crippen LogP contribution in [-0.4, -0.2) is 26.6 Å². The lowest BCUT2D eigenvalue weighted by molar-refractivity contribution is -0.104. The third-order valence-electron chi connectivity index (χ3n) is 3.64. The molecule has 3 nitrogen and oxygen atoms in total. The second-order valence-corrected chi connectivity index (χ2v) is 5.35. The molecular weight excluding hydrogens is 276 g/mol. The molecule has 0 heterocycles. The van der Waals surface area contributed by atoms with Gasteiger partial charge in [0.2, 0.25) is 0 Å². The van der Waals surface area contributed by atoms with Crippen molar-refractivity contribution in [2.24, 2.45) is 5.92 Å². The number of hydrogen-bond acceptors (Lipinski definition) is 3. The van der Waals surface area contributed by atoms with Gasteiger partial charge in [-0.3, -0.25) is 4.79 Å². The smallest absolute Gasteiger partial charge is 0.143 e. The molecule has 0 radical (unpaired) electrons. The van der Waals surface area contributed by atoms with Crippen molar-refractivity contribution in [2.75, 3.05) is 20.3 Å². The van der Waals surface area contributed by atoms with Crippen LogP contribution in [0.5, 0.6) is 5.75 Å². The van der Waals surface area contributed by atoms with Gasteiger partial charge in [-0.1, -0.05) is 24.3 Å². The Hall–Kier alpha value is -1.87. The zero-order valence-electron chi connectivity index (χ0n) is 14.0. The lowest BCUT2D eigenvalue weighted by Gasteiger charge is -2.22. The van der Waals surface area contributed by atoms with E-state index in [1.807, 2.05) is 39.0 Å². The zero-order chi connectivity index (χ0) is 16.5. The normalized spacial score (nSPS) is 12.8. The van der Waals surface area contributed by atoms with Crippen molar-refractivity contribution in [3.63, 3.8) is 0 Å². The molecule has 1 unspecified atom stereocenters. The molecule has 0 spiro atoms. The number of aryl methyl sites for hydroxylation is 1. The van der Waals surface area contributed by atoms with Crippen molar-refractivity contribution in [3.8, 4) is 5.75 Å². The molecule has 0 saturated carbocycles. The molecule has 0 aliphatic rings. The lowest BCUT2D eigenvalue weighted by Crippen LogP contribution is -2.10. The molecule has 1 atom stereocenters. The Morgan fingerprint density at radius 1 is 1.41 bits per heavy atom. The minimum absolute atomic E-state index is 0.0633. The first-order valence-corrected chi connectivity index (χ1v) is 7.58. The molecule has 1 rings (SSSR count). The predicted molar refractivity (Wildman–Crippen MR) is 91.2 cm³/mol. The van der Waals surface area contributed by atoms with Crippen LogP contribution in [0.25, 0.3) is 5.57 Å². The maximum atomic E-state index is 11.1. The Morgan fingerprint density at radius 2 is 2.14 bits per heavy atom. The van der Waals surface area contributed by atoms with E-state index in [0.717, 1.165) is 40.7 Å². The van der Waals surface area contributed by atoms with Crippen molar-refractivity contribution in [2.45, 2.75) is 27.2 Å². The summed E-state index contributed by atoms with van der Waals surface area (Å²) in [5.74, 6) is 0.837. The monoisotopic (exact) mass is 302 g/mol. The first-order valence-electron chi connectivity index (χ1n) is 7.58. The minimum atomic E-state index is 0.0633. The van der Waals surface area contributed by atoms with E-state index in [1.165, 1.54) is 0 Å². The number of rotatable bonds is 9. The maximum absolute atomic E-state index is 11.1. The fourth-order valence-electron chi connectivity index (χ4n) is 2.52. The Morgan fingerprint density at radius 3 is 2.68 bits per heavy atom. The Bertz CT molecular complexity index is 544. The largest absolute Gasteiger partial charge is 0.496 e. The van der Waals surface area contributed by atoms with E-state index in [-0.39, 0.29) is 5.92 Å². The van der Waals surface area contributed by atoms with E-state index in [1.54, 1.807) is 13.2 Å². The quantitative estimate of drug-likeness (QED) is 0.297. The van der Waals surface area contributed by atoms with Gasteiger partial charge in [-0.25, -0.2) is 0 Å². The van der Waals surface area contributed by atoms with E-state index < -0.39 is 0 Å². The standard InChI is InChI=1S/C19H26O3/c1-6-22-12-10-16(14(2)3)17(9-11-20)18-8-7-15(4)13-19(18)21-5/h7-9,11,13,16H,2,6,10,12H2,1,3-5H3/b17-9+. The van der Waals surface area contributed by atoms with Gasteiger partial charge in [0.1, 0.15) is 12.0 Å². The third-order valence-corrected chi connectivity index (χ3v) is 3.64. The van der Waals surface area contributed by atoms with E-state index in [0.29, 0.717) is 13.2 Å². The second kappa shape index (κ2) is 9.21. The summed E-state index contributed by atoms with van der Waals surface area (Å²) in [5, 5.41) is 0. The van der Waals surface area contributed by atoms with E-state index in [2.05, 4.69) is 6.58 Å². The summed E-state index contributed by atoms with van der Waals surface area (Å²) >= 11 is 0.